The van der Waals surface area contributed by atoms with Gasteiger partial charge in [0.1, 0.15) is 11.5 Å². The van der Waals surface area contributed by atoms with Crippen LogP contribution in [-0.4, -0.2) is 66.3 Å². The zero-order valence-corrected chi connectivity index (χ0v) is 16.6. The van der Waals surface area contributed by atoms with Gasteiger partial charge in [0.05, 0.1) is 24.1 Å². The Bertz CT molecular complexity index is 841. The summed E-state index contributed by atoms with van der Waals surface area (Å²) in [4.78, 5) is 27.5. The van der Waals surface area contributed by atoms with Gasteiger partial charge in [0, 0.05) is 32.8 Å². The number of aromatic nitrogens is 2. The largest absolute Gasteiger partial charge is 0.383 e. The molecule has 1 aromatic carbocycles. The number of nitrogens with zero attached hydrogens (tertiary/aromatic N) is 2. The van der Waals surface area contributed by atoms with Crippen LogP contribution >= 0.6 is 0 Å². The highest BCUT2D eigenvalue weighted by Gasteiger charge is 2.24. The molecule has 0 spiro atoms. The third-order valence-corrected chi connectivity index (χ3v) is 5.10. The fourth-order valence-electron chi connectivity index (χ4n) is 3.44. The van der Waals surface area contributed by atoms with Gasteiger partial charge in [-0.25, -0.2) is 4.39 Å². The van der Waals surface area contributed by atoms with Gasteiger partial charge in [0.25, 0.3) is 11.8 Å². The number of rotatable bonds is 7. The van der Waals surface area contributed by atoms with Crippen LogP contribution in [0.5, 0.6) is 0 Å². The summed E-state index contributed by atoms with van der Waals surface area (Å²) in [5, 5.41) is 12.0. The molecule has 0 bridgehead atoms. The SMILES string of the molecule is COCCN1CCC(NC(=O)c2[nH]ncc2NC(=O)c2c(C)cccc2F)CC1. The quantitative estimate of drug-likeness (QED) is 0.656. The summed E-state index contributed by atoms with van der Waals surface area (Å²) < 4.78 is 19.1. The number of aryl methyl sites for hydroxylation is 1. The average Bonchev–Trinajstić information content (AvgIpc) is 3.15. The number of hydrogen-bond donors (Lipinski definition) is 3. The zero-order valence-electron chi connectivity index (χ0n) is 16.6. The molecule has 3 rings (SSSR count). The second-order valence-electron chi connectivity index (χ2n) is 7.13. The van der Waals surface area contributed by atoms with Crippen molar-refractivity contribution < 1.29 is 18.7 Å². The van der Waals surface area contributed by atoms with Crippen LogP contribution in [0.25, 0.3) is 0 Å². The van der Waals surface area contributed by atoms with Gasteiger partial charge in [0.2, 0.25) is 0 Å². The molecule has 0 aliphatic carbocycles. The lowest BCUT2D eigenvalue weighted by molar-refractivity contribution is 0.0889. The van der Waals surface area contributed by atoms with E-state index in [1.807, 2.05) is 0 Å². The Balaban J connectivity index is 1.60. The van der Waals surface area contributed by atoms with Gasteiger partial charge < -0.3 is 20.3 Å². The molecule has 29 heavy (non-hydrogen) atoms. The number of piperidine rings is 1. The van der Waals surface area contributed by atoms with Crippen molar-refractivity contribution in [1.82, 2.24) is 20.4 Å². The molecule has 1 fully saturated rings. The molecule has 0 unspecified atom stereocenters. The lowest BCUT2D eigenvalue weighted by Gasteiger charge is -2.32. The number of methoxy groups -OCH3 is 1. The first-order valence-electron chi connectivity index (χ1n) is 9.61. The summed E-state index contributed by atoms with van der Waals surface area (Å²) in [7, 11) is 1.68. The molecule has 9 heteroatoms. The molecule has 156 valence electrons. The van der Waals surface area contributed by atoms with E-state index in [1.54, 1.807) is 26.2 Å². The van der Waals surface area contributed by atoms with E-state index in [1.165, 1.54) is 12.3 Å². The van der Waals surface area contributed by atoms with Crippen LogP contribution in [0.3, 0.4) is 0 Å². The van der Waals surface area contributed by atoms with Crippen LogP contribution in [-0.2, 0) is 4.74 Å². The third kappa shape index (κ3) is 5.18. The molecule has 2 heterocycles. The van der Waals surface area contributed by atoms with Crippen LogP contribution in [0, 0.1) is 12.7 Å². The summed E-state index contributed by atoms with van der Waals surface area (Å²) in [5.74, 6) is -1.59. The van der Waals surface area contributed by atoms with E-state index < -0.39 is 11.7 Å². The Morgan fingerprint density at radius 1 is 1.31 bits per heavy atom. The molecule has 1 saturated heterocycles. The first-order valence-corrected chi connectivity index (χ1v) is 9.61. The highest BCUT2D eigenvalue weighted by Crippen LogP contribution is 2.18. The van der Waals surface area contributed by atoms with Crippen molar-refractivity contribution in [2.45, 2.75) is 25.8 Å². The van der Waals surface area contributed by atoms with Gasteiger partial charge in [0.15, 0.2) is 0 Å². The van der Waals surface area contributed by atoms with Crippen LogP contribution < -0.4 is 10.6 Å². The van der Waals surface area contributed by atoms with E-state index >= 15 is 0 Å². The normalized spacial score (nSPS) is 15.3. The van der Waals surface area contributed by atoms with Crippen LogP contribution in [0.1, 0.15) is 39.3 Å². The molecule has 2 aromatic rings. The predicted molar refractivity (Wildman–Crippen MR) is 106 cm³/mol. The number of hydrogen-bond acceptors (Lipinski definition) is 5. The number of carbonyl (C=O) groups is 2. The zero-order chi connectivity index (χ0) is 20.8. The number of ether oxygens (including phenoxy) is 1. The maximum absolute atomic E-state index is 14.0. The Labute approximate surface area is 168 Å². The van der Waals surface area contributed by atoms with Crippen LogP contribution in [0.4, 0.5) is 10.1 Å². The second kappa shape index (κ2) is 9.62. The predicted octanol–water partition coefficient (Wildman–Crippen LogP) is 1.95. The highest BCUT2D eigenvalue weighted by atomic mass is 19.1. The minimum atomic E-state index is -0.623. The Morgan fingerprint density at radius 3 is 2.76 bits per heavy atom. The van der Waals surface area contributed by atoms with Crippen molar-refractivity contribution in [2.75, 3.05) is 38.7 Å². The molecule has 3 N–H and O–H groups in total. The summed E-state index contributed by atoms with van der Waals surface area (Å²) in [6.07, 6.45) is 3.01. The Morgan fingerprint density at radius 2 is 2.07 bits per heavy atom. The lowest BCUT2D eigenvalue weighted by Crippen LogP contribution is -2.45. The molecular weight excluding hydrogens is 377 g/mol. The van der Waals surface area contributed by atoms with E-state index in [0.29, 0.717) is 12.2 Å². The van der Waals surface area contributed by atoms with Gasteiger partial charge >= 0.3 is 0 Å². The molecular formula is C20H26FN5O3. The van der Waals surface area contributed by atoms with Gasteiger partial charge in [-0.1, -0.05) is 12.1 Å². The molecule has 1 aliphatic heterocycles. The number of anilines is 1. The molecule has 0 saturated carbocycles. The Hall–Kier alpha value is -2.78. The minimum Gasteiger partial charge on any atom is -0.383 e. The van der Waals surface area contributed by atoms with Crippen LogP contribution in [0.15, 0.2) is 24.4 Å². The van der Waals surface area contributed by atoms with Gasteiger partial charge in [-0.3, -0.25) is 14.7 Å². The van der Waals surface area contributed by atoms with Gasteiger partial charge in [-0.05, 0) is 31.4 Å². The van der Waals surface area contributed by atoms with Gasteiger partial charge in [-0.15, -0.1) is 0 Å². The first kappa shape index (κ1) is 20.9. The molecule has 0 radical (unpaired) electrons. The van der Waals surface area contributed by atoms with Crippen LogP contribution in [0.2, 0.25) is 0 Å². The molecule has 1 aliphatic rings. The number of carbonyl (C=O) groups excluding carboxylic acids is 2. The standard InChI is InChI=1S/C20H26FN5O3/c1-13-4-3-5-15(21)17(13)19(27)24-16-12-22-25-18(16)20(28)23-14-6-8-26(9-7-14)10-11-29-2/h3-5,12,14H,6-11H2,1-2H3,(H,22,25)(H,23,28)(H,24,27). The van der Waals surface area contributed by atoms with Crippen molar-refractivity contribution in [3.63, 3.8) is 0 Å². The summed E-state index contributed by atoms with van der Waals surface area (Å²) in [6.45, 7) is 4.99. The van der Waals surface area contributed by atoms with E-state index in [4.69, 9.17) is 4.74 Å². The van der Waals surface area contributed by atoms with Crippen molar-refractivity contribution in [3.05, 3.63) is 47.0 Å². The number of nitrogens with one attached hydrogen (secondary N) is 3. The maximum atomic E-state index is 14.0. The highest BCUT2D eigenvalue weighted by molar-refractivity contribution is 6.09. The minimum absolute atomic E-state index is 0.0435. The molecule has 8 nitrogen and oxygen atoms in total. The molecule has 2 amide bonds. The van der Waals surface area contributed by atoms with Crippen molar-refractivity contribution in [3.8, 4) is 0 Å². The number of amides is 2. The van der Waals surface area contributed by atoms with Crippen molar-refractivity contribution >= 4 is 17.5 Å². The van der Waals surface area contributed by atoms with E-state index in [9.17, 15) is 14.0 Å². The third-order valence-electron chi connectivity index (χ3n) is 5.10. The number of aromatic amines is 1. The van der Waals surface area contributed by atoms with Crippen molar-refractivity contribution in [2.24, 2.45) is 0 Å². The van der Waals surface area contributed by atoms with E-state index in [0.717, 1.165) is 32.5 Å². The fourth-order valence-corrected chi connectivity index (χ4v) is 3.44. The lowest BCUT2D eigenvalue weighted by atomic mass is 10.0. The summed E-state index contributed by atoms with van der Waals surface area (Å²) >= 11 is 0. The van der Waals surface area contributed by atoms with Crippen molar-refractivity contribution in [1.29, 1.82) is 0 Å². The van der Waals surface area contributed by atoms with E-state index in [2.05, 4.69) is 25.7 Å². The average molecular weight is 403 g/mol. The number of H-pyrrole nitrogens is 1. The topological polar surface area (TPSA) is 99.3 Å². The smallest absolute Gasteiger partial charge is 0.271 e. The first-order chi connectivity index (χ1) is 14.0. The molecule has 0 atom stereocenters. The number of benzene rings is 1. The number of halogens is 1. The van der Waals surface area contributed by atoms with Gasteiger partial charge in [-0.2, -0.15) is 5.10 Å². The fraction of sp³-hybridized carbons (Fsp3) is 0.450. The second-order valence-corrected chi connectivity index (χ2v) is 7.13. The monoisotopic (exact) mass is 403 g/mol. The maximum Gasteiger partial charge on any atom is 0.271 e. The Kier molecular flexibility index (Phi) is 6.95. The summed E-state index contributed by atoms with van der Waals surface area (Å²) in [6, 6.07) is 4.46. The summed E-state index contributed by atoms with van der Waals surface area (Å²) in [5.41, 5.74) is 0.822. The van der Waals surface area contributed by atoms with E-state index in [-0.39, 0.29) is 28.9 Å². The number of likely N-dealkylation sites (tertiary alicyclic amines) is 1. The molecule has 1 aromatic heterocycles.